The van der Waals surface area contributed by atoms with Gasteiger partial charge in [0.25, 0.3) is 0 Å². The number of hydrogen-bond donors (Lipinski definition) is 2. The van der Waals surface area contributed by atoms with Crippen LogP contribution in [0.2, 0.25) is 0 Å². The van der Waals surface area contributed by atoms with E-state index < -0.39 is 6.04 Å². The molecule has 0 aromatic rings. The zero-order valence-electron chi connectivity index (χ0n) is 11.8. The Labute approximate surface area is 115 Å². The van der Waals surface area contributed by atoms with Crippen LogP contribution in [0.5, 0.6) is 0 Å². The summed E-state index contributed by atoms with van der Waals surface area (Å²) in [6, 6.07) is -0.350. The number of amides is 3. The Bertz CT molecular complexity index is 321. The summed E-state index contributed by atoms with van der Waals surface area (Å²) in [7, 11) is 0. The highest BCUT2D eigenvalue weighted by atomic mass is 16.2. The smallest absolute Gasteiger partial charge is 0.315 e. The maximum Gasteiger partial charge on any atom is 0.315 e. The van der Waals surface area contributed by atoms with E-state index in [9.17, 15) is 9.59 Å². The van der Waals surface area contributed by atoms with Gasteiger partial charge in [-0.05, 0) is 32.6 Å². The molecule has 2 rings (SSSR count). The van der Waals surface area contributed by atoms with Gasteiger partial charge in [0.15, 0.2) is 0 Å². The number of likely N-dealkylation sites (tertiary alicyclic amines) is 1. The quantitative estimate of drug-likeness (QED) is 0.816. The van der Waals surface area contributed by atoms with Crippen molar-refractivity contribution in [1.82, 2.24) is 15.5 Å². The van der Waals surface area contributed by atoms with Crippen molar-refractivity contribution in [3.05, 3.63) is 0 Å². The fraction of sp³-hybridized carbons (Fsp3) is 0.857. The SMILES string of the molecule is C[C@H](NC(=O)NC1CCCCC1)C(=O)N1CCCC1. The minimum absolute atomic E-state index is 0.0382. The molecule has 5 heteroatoms. The zero-order chi connectivity index (χ0) is 13.7. The van der Waals surface area contributed by atoms with Crippen molar-refractivity contribution in [2.24, 2.45) is 0 Å². The lowest BCUT2D eigenvalue weighted by Gasteiger charge is -2.25. The van der Waals surface area contributed by atoms with Gasteiger partial charge >= 0.3 is 6.03 Å². The molecule has 0 spiro atoms. The van der Waals surface area contributed by atoms with Gasteiger partial charge in [-0.25, -0.2) is 4.79 Å². The summed E-state index contributed by atoms with van der Waals surface area (Å²) >= 11 is 0. The van der Waals surface area contributed by atoms with Crippen molar-refractivity contribution in [3.8, 4) is 0 Å². The molecular weight excluding hydrogens is 242 g/mol. The Morgan fingerprint density at radius 1 is 1.05 bits per heavy atom. The fourth-order valence-corrected chi connectivity index (χ4v) is 2.94. The van der Waals surface area contributed by atoms with E-state index in [0.717, 1.165) is 38.8 Å². The van der Waals surface area contributed by atoms with E-state index in [1.165, 1.54) is 19.3 Å². The second-order valence-electron chi connectivity index (χ2n) is 5.71. The van der Waals surface area contributed by atoms with Crippen molar-refractivity contribution in [1.29, 1.82) is 0 Å². The van der Waals surface area contributed by atoms with Crippen molar-refractivity contribution in [3.63, 3.8) is 0 Å². The van der Waals surface area contributed by atoms with Crippen LogP contribution >= 0.6 is 0 Å². The van der Waals surface area contributed by atoms with Crippen molar-refractivity contribution >= 4 is 11.9 Å². The summed E-state index contributed by atoms with van der Waals surface area (Å²) in [6.07, 6.45) is 7.91. The lowest BCUT2D eigenvalue weighted by molar-refractivity contribution is -0.131. The van der Waals surface area contributed by atoms with Crippen LogP contribution < -0.4 is 10.6 Å². The Kier molecular flexibility index (Phi) is 5.05. The summed E-state index contributed by atoms with van der Waals surface area (Å²) in [5.74, 6) is 0.0382. The van der Waals surface area contributed by atoms with E-state index in [4.69, 9.17) is 0 Å². The summed E-state index contributed by atoms with van der Waals surface area (Å²) in [4.78, 5) is 25.7. The monoisotopic (exact) mass is 267 g/mol. The van der Waals surface area contributed by atoms with Crippen LogP contribution in [0, 0.1) is 0 Å². The van der Waals surface area contributed by atoms with Crippen molar-refractivity contribution in [2.45, 2.75) is 64.0 Å². The van der Waals surface area contributed by atoms with E-state index in [-0.39, 0.29) is 18.0 Å². The molecule has 0 radical (unpaired) electrons. The topological polar surface area (TPSA) is 61.4 Å². The van der Waals surface area contributed by atoms with Gasteiger partial charge in [0.1, 0.15) is 6.04 Å². The molecule has 1 atom stereocenters. The molecular formula is C14H25N3O2. The summed E-state index contributed by atoms with van der Waals surface area (Å²) < 4.78 is 0. The van der Waals surface area contributed by atoms with Gasteiger partial charge < -0.3 is 15.5 Å². The van der Waals surface area contributed by atoms with Crippen LogP contribution in [0.4, 0.5) is 4.79 Å². The number of carbonyl (C=O) groups excluding carboxylic acids is 2. The number of nitrogens with zero attached hydrogens (tertiary/aromatic N) is 1. The maximum absolute atomic E-state index is 12.1. The minimum atomic E-state index is -0.429. The average Bonchev–Trinajstić information content (AvgIpc) is 2.92. The molecule has 2 N–H and O–H groups in total. The van der Waals surface area contributed by atoms with Gasteiger partial charge in [-0.1, -0.05) is 19.3 Å². The Hall–Kier alpha value is -1.26. The molecule has 1 aliphatic heterocycles. The first-order valence-corrected chi connectivity index (χ1v) is 7.52. The van der Waals surface area contributed by atoms with E-state index in [1.54, 1.807) is 6.92 Å². The molecule has 5 nitrogen and oxygen atoms in total. The average molecular weight is 267 g/mol. The van der Waals surface area contributed by atoms with Gasteiger partial charge in [0, 0.05) is 19.1 Å². The van der Waals surface area contributed by atoms with Crippen LogP contribution in [0.1, 0.15) is 51.9 Å². The first kappa shape index (κ1) is 14.2. The van der Waals surface area contributed by atoms with Gasteiger partial charge in [-0.3, -0.25) is 4.79 Å². The molecule has 0 bridgehead atoms. The van der Waals surface area contributed by atoms with Gasteiger partial charge in [0.05, 0.1) is 0 Å². The van der Waals surface area contributed by atoms with E-state index in [0.29, 0.717) is 0 Å². The van der Waals surface area contributed by atoms with Crippen LogP contribution in [0.15, 0.2) is 0 Å². The molecule has 108 valence electrons. The summed E-state index contributed by atoms with van der Waals surface area (Å²) in [5.41, 5.74) is 0. The maximum atomic E-state index is 12.1. The molecule has 1 saturated heterocycles. The molecule has 2 aliphatic rings. The van der Waals surface area contributed by atoms with E-state index >= 15 is 0 Å². The predicted molar refractivity (Wildman–Crippen MR) is 73.8 cm³/mol. The third-order valence-corrected chi connectivity index (χ3v) is 4.08. The number of rotatable bonds is 3. The predicted octanol–water partition coefficient (Wildman–Crippen LogP) is 1.63. The van der Waals surface area contributed by atoms with E-state index in [1.807, 2.05) is 4.90 Å². The highest BCUT2D eigenvalue weighted by Crippen LogP contribution is 2.17. The third kappa shape index (κ3) is 4.11. The third-order valence-electron chi connectivity index (χ3n) is 4.08. The fourth-order valence-electron chi connectivity index (χ4n) is 2.94. The Morgan fingerprint density at radius 3 is 2.32 bits per heavy atom. The second kappa shape index (κ2) is 6.78. The highest BCUT2D eigenvalue weighted by molar-refractivity contribution is 5.86. The normalized spacial score (nSPS) is 22.1. The lowest BCUT2D eigenvalue weighted by atomic mass is 9.96. The first-order chi connectivity index (χ1) is 9.16. The standard InChI is InChI=1S/C14H25N3O2/c1-11(13(18)17-9-5-6-10-17)15-14(19)16-12-7-3-2-4-8-12/h11-12H,2-10H2,1H3,(H2,15,16,19)/t11-/m0/s1. The van der Waals surface area contributed by atoms with E-state index in [2.05, 4.69) is 10.6 Å². The number of hydrogen-bond acceptors (Lipinski definition) is 2. The van der Waals surface area contributed by atoms with Gasteiger partial charge in [0.2, 0.25) is 5.91 Å². The lowest BCUT2D eigenvalue weighted by Crippen LogP contribution is -2.51. The van der Waals surface area contributed by atoms with Crippen molar-refractivity contribution < 1.29 is 9.59 Å². The Morgan fingerprint density at radius 2 is 1.68 bits per heavy atom. The van der Waals surface area contributed by atoms with Gasteiger partial charge in [-0.2, -0.15) is 0 Å². The molecule has 2 fully saturated rings. The van der Waals surface area contributed by atoms with Crippen molar-refractivity contribution in [2.75, 3.05) is 13.1 Å². The first-order valence-electron chi connectivity index (χ1n) is 7.52. The van der Waals surface area contributed by atoms with Gasteiger partial charge in [-0.15, -0.1) is 0 Å². The zero-order valence-corrected chi connectivity index (χ0v) is 11.8. The molecule has 19 heavy (non-hydrogen) atoms. The summed E-state index contributed by atoms with van der Waals surface area (Å²) in [5, 5.41) is 5.74. The van der Waals surface area contributed by atoms with Crippen LogP contribution in [0.3, 0.4) is 0 Å². The number of urea groups is 1. The largest absolute Gasteiger partial charge is 0.341 e. The number of carbonyl (C=O) groups is 2. The van der Waals surface area contributed by atoms with Crippen LogP contribution in [-0.2, 0) is 4.79 Å². The molecule has 1 saturated carbocycles. The second-order valence-corrected chi connectivity index (χ2v) is 5.71. The summed E-state index contributed by atoms with van der Waals surface area (Å²) in [6.45, 7) is 3.42. The van der Waals surface area contributed by atoms with Crippen LogP contribution in [0.25, 0.3) is 0 Å². The Balaban J connectivity index is 1.72. The molecule has 0 aromatic heterocycles. The minimum Gasteiger partial charge on any atom is -0.341 e. The highest BCUT2D eigenvalue weighted by Gasteiger charge is 2.25. The molecule has 3 amide bonds. The molecule has 1 heterocycles. The number of nitrogens with one attached hydrogen (secondary N) is 2. The molecule has 0 unspecified atom stereocenters. The van der Waals surface area contributed by atoms with Crippen LogP contribution in [-0.4, -0.2) is 42.0 Å². The molecule has 1 aliphatic carbocycles. The molecule has 0 aromatic carbocycles.